The van der Waals surface area contributed by atoms with Crippen LogP contribution in [0.1, 0.15) is 11.1 Å². The zero-order valence-electron chi connectivity index (χ0n) is 27.0. The van der Waals surface area contributed by atoms with Crippen LogP contribution in [0.15, 0.2) is 168 Å². The molecular weight excluding hydrogens is 611 g/mol. The smallest absolute Gasteiger partial charge is 0.164 e. The standard InChI is InChI=1S/C46H29N3O/c1-3-12-29(13-4-1)35-19-9-16-33-28-39-34(18-10-20-36(39)42(33)35)30-24-26-32(27-25-30)45-47-44(31-14-5-2-6-15-31)48-46(49-45)38-21-11-23-41-43(38)37-17-7-8-22-40(37)50-41/h1-27H,28H2. The van der Waals surface area contributed by atoms with Gasteiger partial charge in [0.1, 0.15) is 11.2 Å². The molecule has 0 saturated heterocycles. The first-order chi connectivity index (χ1) is 24.8. The van der Waals surface area contributed by atoms with Crippen LogP contribution >= 0.6 is 0 Å². The number of para-hydroxylation sites is 1. The van der Waals surface area contributed by atoms with Gasteiger partial charge in [0.05, 0.1) is 0 Å². The van der Waals surface area contributed by atoms with E-state index in [4.69, 9.17) is 19.4 Å². The predicted molar refractivity (Wildman–Crippen MR) is 203 cm³/mol. The molecule has 0 atom stereocenters. The lowest BCUT2D eigenvalue weighted by Crippen LogP contribution is -2.00. The average Bonchev–Trinajstić information content (AvgIpc) is 3.77. The van der Waals surface area contributed by atoms with Crippen LogP contribution in [0.5, 0.6) is 0 Å². The Labute approximate surface area is 289 Å². The molecule has 50 heavy (non-hydrogen) atoms. The molecule has 234 valence electrons. The average molecular weight is 640 g/mol. The summed E-state index contributed by atoms with van der Waals surface area (Å²) in [4.78, 5) is 15.1. The summed E-state index contributed by atoms with van der Waals surface area (Å²) in [5, 5.41) is 2.04. The fourth-order valence-electron chi connectivity index (χ4n) is 7.50. The van der Waals surface area contributed by atoms with Gasteiger partial charge in [0, 0.05) is 27.5 Å². The van der Waals surface area contributed by atoms with Crippen molar-refractivity contribution < 1.29 is 4.42 Å². The van der Waals surface area contributed by atoms with Crippen molar-refractivity contribution in [3.8, 4) is 67.5 Å². The summed E-state index contributed by atoms with van der Waals surface area (Å²) < 4.78 is 6.21. The van der Waals surface area contributed by atoms with Crippen LogP contribution in [0.3, 0.4) is 0 Å². The van der Waals surface area contributed by atoms with Crippen molar-refractivity contribution >= 4 is 21.9 Å². The third-order valence-electron chi connectivity index (χ3n) is 9.81. The summed E-state index contributed by atoms with van der Waals surface area (Å²) in [5.74, 6) is 1.87. The Kier molecular flexibility index (Phi) is 6.53. The second-order valence-corrected chi connectivity index (χ2v) is 12.7. The Morgan fingerprint density at radius 3 is 1.72 bits per heavy atom. The number of hydrogen-bond acceptors (Lipinski definition) is 4. The molecule has 0 amide bonds. The second-order valence-electron chi connectivity index (χ2n) is 12.7. The van der Waals surface area contributed by atoms with Crippen molar-refractivity contribution in [2.45, 2.75) is 6.42 Å². The minimum atomic E-state index is 0.614. The largest absolute Gasteiger partial charge is 0.456 e. The van der Waals surface area contributed by atoms with Gasteiger partial charge in [-0.15, -0.1) is 0 Å². The van der Waals surface area contributed by atoms with Crippen molar-refractivity contribution in [1.29, 1.82) is 0 Å². The fraction of sp³-hybridized carbons (Fsp3) is 0.0217. The highest BCUT2D eigenvalue weighted by Crippen LogP contribution is 2.46. The molecule has 0 bridgehead atoms. The van der Waals surface area contributed by atoms with Crippen LogP contribution in [-0.4, -0.2) is 15.0 Å². The third-order valence-corrected chi connectivity index (χ3v) is 9.81. The molecular formula is C46H29N3O. The van der Waals surface area contributed by atoms with Crippen molar-refractivity contribution in [2.24, 2.45) is 0 Å². The van der Waals surface area contributed by atoms with Gasteiger partial charge >= 0.3 is 0 Å². The van der Waals surface area contributed by atoms with E-state index in [1.807, 2.05) is 60.7 Å². The lowest BCUT2D eigenvalue weighted by atomic mass is 9.92. The number of furan rings is 1. The van der Waals surface area contributed by atoms with Gasteiger partial charge in [0.15, 0.2) is 17.5 Å². The third kappa shape index (κ3) is 4.65. The van der Waals surface area contributed by atoms with E-state index >= 15 is 0 Å². The topological polar surface area (TPSA) is 51.8 Å². The summed E-state index contributed by atoms with van der Waals surface area (Å²) >= 11 is 0. The Bertz CT molecular complexity index is 2710. The van der Waals surface area contributed by atoms with E-state index < -0.39 is 0 Å². The van der Waals surface area contributed by atoms with Crippen molar-refractivity contribution in [2.75, 3.05) is 0 Å². The Morgan fingerprint density at radius 1 is 0.380 bits per heavy atom. The second kappa shape index (κ2) is 11.5. The van der Waals surface area contributed by atoms with Gasteiger partial charge in [-0.25, -0.2) is 15.0 Å². The zero-order chi connectivity index (χ0) is 33.0. The molecule has 7 aromatic carbocycles. The van der Waals surface area contributed by atoms with Gasteiger partial charge in [0.25, 0.3) is 0 Å². The minimum Gasteiger partial charge on any atom is -0.456 e. The molecule has 2 heterocycles. The van der Waals surface area contributed by atoms with Crippen molar-refractivity contribution in [3.63, 3.8) is 0 Å². The highest BCUT2D eigenvalue weighted by molar-refractivity contribution is 6.11. The number of fused-ring (bicyclic) bond motifs is 6. The van der Waals surface area contributed by atoms with E-state index in [0.29, 0.717) is 17.5 Å². The molecule has 0 unspecified atom stereocenters. The molecule has 2 aromatic heterocycles. The molecule has 4 heteroatoms. The molecule has 0 aliphatic heterocycles. The number of nitrogens with zero attached hydrogens (tertiary/aromatic N) is 3. The van der Waals surface area contributed by atoms with Crippen molar-refractivity contribution in [3.05, 3.63) is 175 Å². The molecule has 0 N–H and O–H groups in total. The fourth-order valence-corrected chi connectivity index (χ4v) is 7.50. The summed E-state index contributed by atoms with van der Waals surface area (Å²) in [7, 11) is 0. The van der Waals surface area contributed by atoms with Crippen LogP contribution in [0.2, 0.25) is 0 Å². The number of hydrogen-bond donors (Lipinski definition) is 0. The Morgan fingerprint density at radius 2 is 0.920 bits per heavy atom. The molecule has 10 rings (SSSR count). The molecule has 9 aromatic rings. The normalized spacial score (nSPS) is 11.9. The first kappa shape index (κ1) is 28.4. The monoisotopic (exact) mass is 639 g/mol. The van der Waals surface area contributed by atoms with E-state index in [1.54, 1.807) is 0 Å². The molecule has 1 aliphatic rings. The van der Waals surface area contributed by atoms with Gasteiger partial charge in [0.2, 0.25) is 0 Å². The maximum Gasteiger partial charge on any atom is 0.164 e. The van der Waals surface area contributed by atoms with Crippen molar-refractivity contribution in [1.82, 2.24) is 15.0 Å². The van der Waals surface area contributed by atoms with Crippen LogP contribution in [-0.2, 0) is 6.42 Å². The quantitative estimate of drug-likeness (QED) is 0.188. The van der Waals surface area contributed by atoms with Gasteiger partial charge < -0.3 is 4.42 Å². The van der Waals surface area contributed by atoms with E-state index in [1.165, 1.54) is 44.5 Å². The summed E-state index contributed by atoms with van der Waals surface area (Å²) in [6.07, 6.45) is 0.911. The zero-order valence-corrected chi connectivity index (χ0v) is 27.0. The molecule has 0 spiro atoms. The minimum absolute atomic E-state index is 0.614. The molecule has 0 fully saturated rings. The first-order valence-electron chi connectivity index (χ1n) is 16.9. The van der Waals surface area contributed by atoms with Crippen LogP contribution < -0.4 is 0 Å². The highest BCUT2D eigenvalue weighted by Gasteiger charge is 2.25. The Hall–Kier alpha value is -6.65. The summed E-state index contributed by atoms with van der Waals surface area (Å²) in [5.41, 5.74) is 14.8. The van der Waals surface area contributed by atoms with Gasteiger partial charge in [-0.3, -0.25) is 0 Å². The number of benzene rings is 7. The van der Waals surface area contributed by atoms with Crippen LogP contribution in [0, 0.1) is 0 Å². The molecule has 1 aliphatic carbocycles. The van der Waals surface area contributed by atoms with E-state index in [9.17, 15) is 0 Å². The van der Waals surface area contributed by atoms with E-state index in [-0.39, 0.29) is 0 Å². The lowest BCUT2D eigenvalue weighted by Gasteiger charge is -2.12. The molecule has 0 saturated carbocycles. The Balaban J connectivity index is 1.08. The lowest BCUT2D eigenvalue weighted by molar-refractivity contribution is 0.669. The van der Waals surface area contributed by atoms with Gasteiger partial charge in [-0.05, 0) is 63.1 Å². The first-order valence-corrected chi connectivity index (χ1v) is 16.9. The SMILES string of the molecule is c1ccc(-c2nc(-c3ccc(-c4cccc5c4Cc4cccc(-c6ccccc6)c4-5)cc3)nc(-c3cccc4oc5ccccc5c34)n2)cc1. The van der Waals surface area contributed by atoms with E-state index in [2.05, 4.69) is 103 Å². The predicted octanol–water partition coefficient (Wildman–Crippen LogP) is 11.7. The number of aromatic nitrogens is 3. The van der Waals surface area contributed by atoms with Gasteiger partial charge in [-0.2, -0.15) is 0 Å². The van der Waals surface area contributed by atoms with Gasteiger partial charge in [-0.1, -0.05) is 152 Å². The summed E-state index contributed by atoms with van der Waals surface area (Å²) in [6, 6.07) is 57.0. The summed E-state index contributed by atoms with van der Waals surface area (Å²) in [6.45, 7) is 0. The maximum absolute atomic E-state index is 6.21. The molecule has 4 nitrogen and oxygen atoms in total. The molecule has 0 radical (unpaired) electrons. The highest BCUT2D eigenvalue weighted by atomic mass is 16.3. The van der Waals surface area contributed by atoms with Crippen LogP contribution in [0.25, 0.3) is 89.5 Å². The van der Waals surface area contributed by atoms with Crippen LogP contribution in [0.4, 0.5) is 0 Å². The van der Waals surface area contributed by atoms with E-state index in [0.717, 1.165) is 45.0 Å². The maximum atomic E-state index is 6.21. The number of rotatable bonds is 5.